The molecule has 0 fully saturated rings. The van der Waals surface area contributed by atoms with Crippen molar-refractivity contribution < 1.29 is 13.8 Å². The molecule has 5 nitrogen and oxygen atoms in total. The van der Waals surface area contributed by atoms with Crippen LogP contribution < -0.4 is 14.8 Å². The lowest BCUT2D eigenvalue weighted by atomic mass is 10.1. The zero-order chi connectivity index (χ0) is 18.0. The first-order valence-electron chi connectivity index (χ1n) is 8.16. The molecule has 3 rings (SSSR count). The van der Waals surface area contributed by atoms with Gasteiger partial charge in [-0.15, -0.1) is 10.8 Å². The van der Waals surface area contributed by atoms with Crippen LogP contribution in [0.1, 0.15) is 13.3 Å². The van der Waals surface area contributed by atoms with Gasteiger partial charge in [-0.25, -0.2) is 4.31 Å². The predicted molar refractivity (Wildman–Crippen MR) is 107 cm³/mol. The Kier molecular flexibility index (Phi) is 5.50. The Labute approximate surface area is 154 Å². The molecule has 0 aromatic heterocycles. The maximum absolute atomic E-state index is 11.2. The summed E-state index contributed by atoms with van der Waals surface area (Å²) < 4.78 is 29.1. The Bertz CT molecular complexity index is 742. The van der Waals surface area contributed by atoms with Crippen molar-refractivity contribution in [2.24, 2.45) is 11.7 Å². The molecular formula is C18H24N2O3S2. The van der Waals surface area contributed by atoms with Crippen molar-refractivity contribution in [2.75, 3.05) is 18.0 Å². The van der Waals surface area contributed by atoms with E-state index in [0.29, 0.717) is 18.0 Å². The second-order valence-electron chi connectivity index (χ2n) is 6.07. The molecule has 1 aliphatic rings. The summed E-state index contributed by atoms with van der Waals surface area (Å²) in [6.45, 7) is 2.55. The second-order valence-corrected chi connectivity index (χ2v) is 9.54. The molecule has 2 atom stereocenters. The van der Waals surface area contributed by atoms with Crippen LogP contribution in [0, 0.1) is 5.92 Å². The molecule has 25 heavy (non-hydrogen) atoms. The third-order valence-electron chi connectivity index (χ3n) is 4.28. The number of anilines is 2. The SMILES string of the molecule is COc1cccc(N2c3ccccc3SC(C(C)CCN)S2(O)O)c1. The lowest BCUT2D eigenvalue weighted by molar-refractivity contribution is 0.415. The van der Waals surface area contributed by atoms with Crippen molar-refractivity contribution in [1.29, 1.82) is 0 Å². The molecule has 136 valence electrons. The van der Waals surface area contributed by atoms with E-state index in [2.05, 4.69) is 0 Å². The molecule has 0 radical (unpaired) electrons. The van der Waals surface area contributed by atoms with Crippen LogP contribution in [0.2, 0.25) is 0 Å². The number of ether oxygens (including phenoxy) is 1. The third kappa shape index (κ3) is 3.47. The van der Waals surface area contributed by atoms with Gasteiger partial charge < -0.3 is 10.5 Å². The normalized spacial score (nSPS) is 21.3. The summed E-state index contributed by atoms with van der Waals surface area (Å²) in [6, 6.07) is 15.2. The zero-order valence-corrected chi connectivity index (χ0v) is 16.0. The minimum Gasteiger partial charge on any atom is -0.497 e. The van der Waals surface area contributed by atoms with Gasteiger partial charge in [0.25, 0.3) is 0 Å². The quantitative estimate of drug-likeness (QED) is 0.683. The summed E-state index contributed by atoms with van der Waals surface area (Å²) in [6.07, 6.45) is 0.738. The van der Waals surface area contributed by atoms with E-state index in [1.54, 1.807) is 11.4 Å². The van der Waals surface area contributed by atoms with Crippen molar-refractivity contribution in [3.63, 3.8) is 0 Å². The average Bonchev–Trinajstić information content (AvgIpc) is 2.60. The highest BCUT2D eigenvalue weighted by Crippen LogP contribution is 2.66. The minimum atomic E-state index is -3.09. The smallest absolute Gasteiger partial charge is 0.121 e. The van der Waals surface area contributed by atoms with Gasteiger partial charge in [0.05, 0.1) is 18.5 Å². The zero-order valence-electron chi connectivity index (χ0n) is 14.3. The van der Waals surface area contributed by atoms with Gasteiger partial charge in [0.15, 0.2) is 0 Å². The first-order valence-corrected chi connectivity index (χ1v) is 10.6. The fourth-order valence-corrected chi connectivity index (χ4v) is 7.06. The molecule has 7 heteroatoms. The summed E-state index contributed by atoms with van der Waals surface area (Å²) in [5.74, 6) is 0.747. The molecule has 0 saturated heterocycles. The Balaban J connectivity index is 2.12. The summed E-state index contributed by atoms with van der Waals surface area (Å²) in [5, 5.41) is 0. The molecule has 2 aromatic carbocycles. The van der Waals surface area contributed by atoms with E-state index in [9.17, 15) is 9.11 Å². The number of thioether (sulfide) groups is 1. The van der Waals surface area contributed by atoms with E-state index in [4.69, 9.17) is 10.5 Å². The van der Waals surface area contributed by atoms with Crippen LogP contribution in [0.15, 0.2) is 53.4 Å². The van der Waals surface area contributed by atoms with E-state index < -0.39 is 10.8 Å². The first kappa shape index (κ1) is 18.4. The molecule has 1 heterocycles. The number of rotatable bonds is 5. The summed E-state index contributed by atoms with van der Waals surface area (Å²) in [4.78, 5) is 1.03. The van der Waals surface area contributed by atoms with E-state index in [1.807, 2.05) is 55.5 Å². The van der Waals surface area contributed by atoms with Crippen LogP contribution in [0.5, 0.6) is 5.75 Å². The predicted octanol–water partition coefficient (Wildman–Crippen LogP) is 4.92. The van der Waals surface area contributed by atoms with Crippen molar-refractivity contribution in [3.05, 3.63) is 48.5 Å². The molecule has 0 bridgehead atoms. The average molecular weight is 381 g/mol. The largest absolute Gasteiger partial charge is 0.497 e. The highest BCUT2D eigenvalue weighted by molar-refractivity contribution is 8.34. The van der Waals surface area contributed by atoms with E-state index in [1.165, 1.54) is 11.8 Å². The number of nitrogens with zero attached hydrogens (tertiary/aromatic N) is 1. The molecule has 1 aliphatic heterocycles. The Morgan fingerprint density at radius 2 is 2.00 bits per heavy atom. The standard InChI is InChI=1S/C18H24N2O3S2/c1-13(10-11-19)18-24-17-9-4-3-8-16(17)20(25(18,21)22)14-6-5-7-15(12-14)23-2/h3-9,12-13,18,21-22H,10-11,19H2,1-2H3. The van der Waals surface area contributed by atoms with Crippen molar-refractivity contribution >= 4 is 33.9 Å². The number of para-hydroxylation sites is 1. The van der Waals surface area contributed by atoms with Gasteiger partial charge in [0.1, 0.15) is 10.3 Å². The molecule has 0 aliphatic carbocycles. The maximum Gasteiger partial charge on any atom is 0.121 e. The number of nitrogens with two attached hydrogens (primary N) is 1. The van der Waals surface area contributed by atoms with Crippen molar-refractivity contribution in [2.45, 2.75) is 22.8 Å². The molecule has 2 aromatic rings. The lowest BCUT2D eigenvalue weighted by Crippen LogP contribution is -2.37. The highest BCUT2D eigenvalue weighted by atomic mass is 32.3. The van der Waals surface area contributed by atoms with Crippen LogP contribution in [0.4, 0.5) is 11.4 Å². The Morgan fingerprint density at radius 1 is 1.24 bits per heavy atom. The van der Waals surface area contributed by atoms with Crippen LogP contribution in [0.25, 0.3) is 0 Å². The number of hydrogen-bond donors (Lipinski definition) is 3. The molecule has 0 saturated carbocycles. The molecule has 0 amide bonds. The number of hydrogen-bond acceptors (Lipinski definition) is 6. The Morgan fingerprint density at radius 3 is 2.72 bits per heavy atom. The second kappa shape index (κ2) is 7.47. The lowest BCUT2D eigenvalue weighted by Gasteiger charge is -2.53. The van der Waals surface area contributed by atoms with Crippen LogP contribution in [-0.4, -0.2) is 27.3 Å². The number of fused-ring (bicyclic) bond motifs is 1. The Hall–Kier alpha value is -1.38. The van der Waals surface area contributed by atoms with Crippen LogP contribution in [0.3, 0.4) is 0 Å². The monoisotopic (exact) mass is 380 g/mol. The fraction of sp³-hybridized carbons (Fsp3) is 0.333. The topological polar surface area (TPSA) is 79.0 Å². The maximum atomic E-state index is 11.2. The summed E-state index contributed by atoms with van der Waals surface area (Å²) >= 11 is 1.53. The first-order chi connectivity index (χ1) is 12.0. The van der Waals surface area contributed by atoms with Gasteiger partial charge in [-0.3, -0.25) is 9.11 Å². The van der Waals surface area contributed by atoms with E-state index in [0.717, 1.165) is 17.0 Å². The van der Waals surface area contributed by atoms with E-state index >= 15 is 0 Å². The van der Waals surface area contributed by atoms with Gasteiger partial charge in [-0.1, -0.05) is 36.9 Å². The number of benzene rings is 2. The van der Waals surface area contributed by atoms with Gasteiger partial charge in [-0.2, -0.15) is 0 Å². The van der Waals surface area contributed by atoms with Gasteiger partial charge in [0, 0.05) is 11.0 Å². The van der Waals surface area contributed by atoms with Gasteiger partial charge in [-0.05, 0) is 43.1 Å². The van der Waals surface area contributed by atoms with Crippen LogP contribution >= 0.6 is 22.5 Å². The molecule has 4 N–H and O–H groups in total. The fourth-order valence-electron chi connectivity index (χ4n) is 3.02. The molecule has 0 spiro atoms. The van der Waals surface area contributed by atoms with Gasteiger partial charge in [0.2, 0.25) is 0 Å². The van der Waals surface area contributed by atoms with E-state index in [-0.39, 0.29) is 10.5 Å². The molecular weight excluding hydrogens is 356 g/mol. The number of methoxy groups -OCH3 is 1. The summed E-state index contributed by atoms with van der Waals surface area (Å²) in [5.41, 5.74) is 7.22. The van der Waals surface area contributed by atoms with Crippen LogP contribution in [-0.2, 0) is 0 Å². The third-order valence-corrected chi connectivity index (χ3v) is 8.67. The van der Waals surface area contributed by atoms with Crippen molar-refractivity contribution in [3.8, 4) is 5.75 Å². The van der Waals surface area contributed by atoms with Gasteiger partial charge >= 0.3 is 0 Å². The highest BCUT2D eigenvalue weighted by Gasteiger charge is 2.42. The summed E-state index contributed by atoms with van der Waals surface area (Å²) in [7, 11) is -1.49. The van der Waals surface area contributed by atoms with Crippen molar-refractivity contribution in [1.82, 2.24) is 0 Å². The molecule has 2 unspecified atom stereocenters. The minimum absolute atomic E-state index is 0.0708.